The Bertz CT molecular complexity index is 5220. The zero-order chi connectivity index (χ0) is 80.6. The lowest BCUT2D eigenvalue weighted by Crippen LogP contribution is -2.19. The summed E-state index contributed by atoms with van der Waals surface area (Å²) in [5, 5.41) is 22.8. The van der Waals surface area contributed by atoms with Crippen molar-refractivity contribution in [2.24, 2.45) is 0 Å². The highest BCUT2D eigenvalue weighted by atomic mass is 32.1. The topological polar surface area (TPSA) is 117 Å². The number of nitriles is 2. The Balaban J connectivity index is 0.895. The smallest absolute Gasteiger partial charge is 0.348 e. The van der Waals surface area contributed by atoms with E-state index in [0.717, 1.165) is 99.6 Å². The van der Waals surface area contributed by atoms with Gasteiger partial charge >= 0.3 is 11.9 Å². The van der Waals surface area contributed by atoms with Crippen molar-refractivity contribution < 1.29 is 23.6 Å². The summed E-state index contributed by atoms with van der Waals surface area (Å²) in [5.74, 6) is -1.23. The molecule has 12 rings (SSSR count). The van der Waals surface area contributed by atoms with Gasteiger partial charge in [0.05, 0.1) is 24.0 Å². The third-order valence-corrected chi connectivity index (χ3v) is 38.6. The van der Waals surface area contributed by atoms with Crippen LogP contribution in [0, 0.1) is 29.6 Å². The van der Waals surface area contributed by atoms with Crippen molar-refractivity contribution in [3.63, 3.8) is 0 Å². The maximum Gasteiger partial charge on any atom is 0.348 e. The minimum Gasteiger partial charge on any atom is -0.465 e. The summed E-state index contributed by atoms with van der Waals surface area (Å²) < 4.78 is 26.9. The van der Waals surface area contributed by atoms with Crippen LogP contribution in [0.4, 0.5) is 0 Å². The standard InChI is InChI=1S/C97H113N2O5PS10/c1-9-14-19-24-29-35-42-66-54-74(56-71(63-98)96(100)103-7)106-89(66)79-50-49-78(108-79)88-65(6)53-86(114-88)92-68(44-37-31-26-21-16-11-3)58-82(110-92)84-61-76-94(112-84)95-77(105(76,102)73-47-40-34-41-48-73)62-85(113-95)83-59-69(45-38-32-27-22-17-12-4)93(111-83)87-60-70(46-39-33-28-23-18-13-5)91(115-87)81-52-51-80(109-81)90-67(43-36-30-25-20-15-10-2)55-75(107-90)57-72(64-99)97(101)104-8/h34,40-41,47-62H,9-33,35-39,42-46H2,1-8H3/b71-56-,72-57+. The lowest BCUT2D eigenvalue weighted by atomic mass is 10.0. The first kappa shape index (κ1) is 88.1. The number of carbonyl (C=O) groups excluding carboxylic acids is 2. The average Bonchev–Trinajstić information content (AvgIpc) is 1.54. The molecule has 0 N–H and O–H groups in total. The van der Waals surface area contributed by atoms with Crippen molar-refractivity contribution in [2.45, 2.75) is 266 Å². The first-order valence-electron chi connectivity index (χ1n) is 42.6. The number of methoxy groups -OCH3 is 2. The second kappa shape index (κ2) is 44.2. The van der Waals surface area contributed by atoms with Crippen molar-refractivity contribution in [3.8, 4) is 99.9 Å². The van der Waals surface area contributed by atoms with Crippen LogP contribution < -0.4 is 15.9 Å². The maximum absolute atomic E-state index is 16.9. The molecule has 18 heteroatoms. The van der Waals surface area contributed by atoms with Crippen LogP contribution in [-0.2, 0) is 55.7 Å². The Kier molecular flexibility index (Phi) is 33.9. The molecule has 1 unspecified atom stereocenters. The van der Waals surface area contributed by atoms with E-state index in [4.69, 9.17) is 9.47 Å². The molecule has 1 aliphatic heterocycles. The third-order valence-electron chi connectivity index (χ3n) is 22.1. The van der Waals surface area contributed by atoms with Gasteiger partial charge in [-0.15, -0.1) is 113 Å². The van der Waals surface area contributed by atoms with Gasteiger partial charge in [0.2, 0.25) is 0 Å². The monoisotopic (exact) mass is 1740 g/mol. The summed E-state index contributed by atoms with van der Waals surface area (Å²) in [6.07, 6.45) is 45.1. The second-order valence-electron chi connectivity index (χ2n) is 30.9. The van der Waals surface area contributed by atoms with Crippen molar-refractivity contribution in [2.75, 3.05) is 14.2 Å². The van der Waals surface area contributed by atoms with E-state index in [1.54, 1.807) is 34.8 Å². The lowest BCUT2D eigenvalue weighted by Gasteiger charge is -2.13. The second-order valence-corrected chi connectivity index (χ2v) is 44.2. The van der Waals surface area contributed by atoms with Gasteiger partial charge < -0.3 is 14.0 Å². The predicted molar refractivity (Wildman–Crippen MR) is 508 cm³/mol. The Labute approximate surface area is 725 Å². The average molecular weight is 1740 g/mol. The first-order valence-corrected chi connectivity index (χ1v) is 52.4. The van der Waals surface area contributed by atoms with Crippen molar-refractivity contribution in [1.29, 1.82) is 10.5 Å². The molecule has 0 amide bonds. The highest BCUT2D eigenvalue weighted by Crippen LogP contribution is 2.61. The molecular weight excluding hydrogens is 1620 g/mol. The van der Waals surface area contributed by atoms with Crippen molar-refractivity contribution in [3.05, 3.63) is 157 Å². The molecule has 11 heterocycles. The number of fused-ring (bicyclic) bond motifs is 3. The zero-order valence-corrected chi connectivity index (χ0v) is 77.7. The van der Waals surface area contributed by atoms with E-state index in [1.807, 2.05) is 96.8 Å². The number of benzene rings is 1. The van der Waals surface area contributed by atoms with Crippen LogP contribution in [0.25, 0.3) is 99.9 Å². The van der Waals surface area contributed by atoms with Crippen LogP contribution in [-0.4, -0.2) is 26.2 Å². The van der Waals surface area contributed by atoms with Crippen LogP contribution in [0.1, 0.15) is 270 Å². The Hall–Kier alpha value is -6.15. The number of rotatable bonds is 48. The molecule has 0 spiro atoms. The number of unbranched alkanes of at least 4 members (excludes halogenated alkanes) is 25. The van der Waals surface area contributed by atoms with E-state index in [0.29, 0.717) is 0 Å². The third kappa shape index (κ3) is 22.1. The van der Waals surface area contributed by atoms with Crippen LogP contribution in [0.5, 0.6) is 0 Å². The summed E-state index contributed by atoms with van der Waals surface area (Å²) >= 11 is 18.5. The minimum atomic E-state index is -3.31. The molecule has 0 fully saturated rings. The normalized spacial score (nSPS) is 13.4. The van der Waals surface area contributed by atoms with Crippen LogP contribution >= 0.6 is 121 Å². The van der Waals surface area contributed by atoms with E-state index in [1.165, 1.54) is 286 Å². The molecule has 0 aliphatic carbocycles. The molecule has 0 bridgehead atoms. The molecule has 1 aromatic carbocycles. The number of thiophene rings is 10. The fourth-order valence-electron chi connectivity index (χ4n) is 15.8. The van der Waals surface area contributed by atoms with Crippen LogP contribution in [0.2, 0.25) is 0 Å². The number of carbonyl (C=O) groups is 2. The van der Waals surface area contributed by atoms with E-state index >= 15 is 4.57 Å². The van der Waals surface area contributed by atoms with Gasteiger partial charge in [-0.1, -0.05) is 225 Å². The quantitative estimate of drug-likeness (QED) is 0.0123. The van der Waals surface area contributed by atoms with Gasteiger partial charge in [0.1, 0.15) is 23.3 Å². The lowest BCUT2D eigenvalue weighted by molar-refractivity contribution is -0.136. The minimum absolute atomic E-state index is 0.00859. The van der Waals surface area contributed by atoms with Gasteiger partial charge in [0.15, 0.2) is 7.14 Å². The van der Waals surface area contributed by atoms with Crippen LogP contribution in [0.15, 0.2) is 114 Å². The van der Waals surface area contributed by atoms with Gasteiger partial charge in [-0.2, -0.15) is 10.5 Å². The first-order chi connectivity index (χ1) is 56.2. The highest BCUT2D eigenvalue weighted by Gasteiger charge is 2.44. The Morgan fingerprint density at radius 3 is 0.983 bits per heavy atom. The number of nitrogens with zero attached hydrogens (tertiary/aromatic N) is 2. The maximum atomic E-state index is 16.9. The van der Waals surface area contributed by atoms with Gasteiger partial charge in [0.25, 0.3) is 0 Å². The van der Waals surface area contributed by atoms with E-state index in [-0.39, 0.29) is 11.1 Å². The summed E-state index contributed by atoms with van der Waals surface area (Å²) in [6.45, 7) is 13.7. The predicted octanol–water partition coefficient (Wildman–Crippen LogP) is 32.2. The molecule has 11 aromatic rings. The van der Waals surface area contributed by atoms with E-state index < -0.39 is 19.1 Å². The summed E-state index contributed by atoms with van der Waals surface area (Å²) in [7, 11) is -0.651. The van der Waals surface area contributed by atoms with Crippen LogP contribution in [0.3, 0.4) is 0 Å². The largest absolute Gasteiger partial charge is 0.465 e. The number of ether oxygens (including phenoxy) is 2. The molecule has 10 aromatic heterocycles. The molecule has 0 saturated carbocycles. The SMILES string of the molecule is CCCCCCCCc1cc(/C=C(/C#N)C(=O)OC)sc1-c1ccc(-c2sc(-c3sc(-c4cc5c(s4)-c4sc(-c6cc(CCCCCCCC)c(-c7cc(CCCCCCCC)c(-c8ccc(-c9sc(/C=C(\C#N)C(=O)OC)cc9CCCCCCCC)s8)s7)s6)cc4P5(=O)c4ccccc4)cc3CCCCCCCC)cc2C)s1. The van der Waals surface area contributed by atoms with Gasteiger partial charge in [-0.3, -0.25) is 0 Å². The summed E-state index contributed by atoms with van der Waals surface area (Å²) in [4.78, 5) is 49.7. The summed E-state index contributed by atoms with van der Waals surface area (Å²) in [5.41, 5.74) is 8.10. The molecular formula is C97H113N2O5PS10. The van der Waals surface area contributed by atoms with Gasteiger partial charge in [-0.05, 0) is 189 Å². The van der Waals surface area contributed by atoms with E-state index in [2.05, 4.69) is 151 Å². The fourth-order valence-corrected chi connectivity index (χ4v) is 32.4. The molecule has 606 valence electrons. The van der Waals surface area contributed by atoms with Gasteiger partial charge in [0, 0.05) is 104 Å². The number of hydrogen-bond acceptors (Lipinski definition) is 17. The number of aryl methyl sites for hydroxylation is 6. The summed E-state index contributed by atoms with van der Waals surface area (Å²) in [6, 6.07) is 42.8. The Morgan fingerprint density at radius 1 is 0.330 bits per heavy atom. The molecule has 1 aliphatic rings. The van der Waals surface area contributed by atoms with Crippen molar-refractivity contribution in [1.82, 2.24) is 0 Å². The Morgan fingerprint density at radius 2 is 0.617 bits per heavy atom. The number of hydrogen-bond donors (Lipinski definition) is 0. The molecule has 115 heavy (non-hydrogen) atoms. The number of esters is 2. The van der Waals surface area contributed by atoms with Gasteiger partial charge in [-0.25, -0.2) is 9.59 Å². The highest BCUT2D eigenvalue weighted by molar-refractivity contribution is 7.87. The molecule has 1 atom stereocenters. The molecule has 0 saturated heterocycles. The zero-order valence-electron chi connectivity index (χ0n) is 68.7. The molecule has 7 nitrogen and oxygen atoms in total. The van der Waals surface area contributed by atoms with Crippen molar-refractivity contribution >= 4 is 161 Å². The fraction of sp³-hybridized carbons (Fsp3) is 0.443. The molecule has 0 radical (unpaired) electrons. The van der Waals surface area contributed by atoms with E-state index in [9.17, 15) is 20.1 Å².